The molecule has 0 bridgehead atoms. The standard InChI is InChI=1S/C14H19N5O/c1-19-13(9-12(18-19)10-4-2-3-5-10)16-14(20)8-11-6-7-15-17-11/h6-7,9-10H,2-5,8H2,1H3,(H,15,17)(H,16,20). The van der Waals surface area contributed by atoms with Crippen molar-refractivity contribution in [2.75, 3.05) is 5.32 Å². The van der Waals surface area contributed by atoms with E-state index in [9.17, 15) is 4.79 Å². The van der Waals surface area contributed by atoms with Gasteiger partial charge in [-0.2, -0.15) is 10.2 Å². The molecule has 3 rings (SSSR count). The highest BCUT2D eigenvalue weighted by Gasteiger charge is 2.21. The number of anilines is 1. The fourth-order valence-corrected chi connectivity index (χ4v) is 2.77. The van der Waals surface area contributed by atoms with E-state index in [0.717, 1.165) is 17.2 Å². The number of H-pyrrole nitrogens is 1. The van der Waals surface area contributed by atoms with Gasteiger partial charge in [0.2, 0.25) is 5.91 Å². The second kappa shape index (κ2) is 5.48. The topological polar surface area (TPSA) is 75.6 Å². The van der Waals surface area contributed by atoms with E-state index >= 15 is 0 Å². The van der Waals surface area contributed by atoms with Gasteiger partial charge >= 0.3 is 0 Å². The Kier molecular flexibility index (Phi) is 3.54. The molecule has 20 heavy (non-hydrogen) atoms. The van der Waals surface area contributed by atoms with Crippen molar-refractivity contribution in [2.24, 2.45) is 7.05 Å². The van der Waals surface area contributed by atoms with Crippen LogP contribution in [0.5, 0.6) is 0 Å². The second-order valence-corrected chi connectivity index (χ2v) is 5.37. The number of carbonyl (C=O) groups is 1. The van der Waals surface area contributed by atoms with Crippen molar-refractivity contribution in [3.63, 3.8) is 0 Å². The van der Waals surface area contributed by atoms with Gasteiger partial charge < -0.3 is 5.32 Å². The molecular formula is C14H19N5O. The molecule has 0 aliphatic heterocycles. The molecule has 1 amide bonds. The molecule has 1 fully saturated rings. The van der Waals surface area contributed by atoms with Crippen LogP contribution in [0.15, 0.2) is 18.3 Å². The van der Waals surface area contributed by atoms with Gasteiger partial charge in [-0.1, -0.05) is 12.8 Å². The maximum atomic E-state index is 12.0. The first kappa shape index (κ1) is 12.9. The molecule has 0 aromatic carbocycles. The van der Waals surface area contributed by atoms with Crippen molar-refractivity contribution in [3.8, 4) is 0 Å². The Balaban J connectivity index is 1.66. The lowest BCUT2D eigenvalue weighted by Gasteiger charge is -2.03. The number of nitrogens with one attached hydrogen (secondary N) is 2. The van der Waals surface area contributed by atoms with E-state index in [1.807, 2.05) is 13.1 Å². The largest absolute Gasteiger partial charge is 0.311 e. The zero-order valence-corrected chi connectivity index (χ0v) is 11.6. The third kappa shape index (κ3) is 2.74. The molecule has 0 spiro atoms. The number of aromatic nitrogens is 4. The molecule has 2 aromatic heterocycles. The maximum absolute atomic E-state index is 12.0. The lowest BCUT2D eigenvalue weighted by molar-refractivity contribution is -0.115. The molecule has 1 saturated carbocycles. The predicted octanol–water partition coefficient (Wildman–Crippen LogP) is 1.98. The van der Waals surface area contributed by atoms with Crippen LogP contribution in [0.1, 0.15) is 43.0 Å². The highest BCUT2D eigenvalue weighted by Crippen LogP contribution is 2.34. The molecule has 6 nitrogen and oxygen atoms in total. The molecule has 2 N–H and O–H groups in total. The van der Waals surface area contributed by atoms with Crippen LogP contribution in [0.25, 0.3) is 0 Å². The number of hydrogen-bond donors (Lipinski definition) is 2. The highest BCUT2D eigenvalue weighted by atomic mass is 16.1. The molecule has 0 radical (unpaired) electrons. The van der Waals surface area contributed by atoms with Gasteiger partial charge in [0.25, 0.3) is 0 Å². The normalized spacial score (nSPS) is 15.7. The fourth-order valence-electron chi connectivity index (χ4n) is 2.77. The number of aromatic amines is 1. The van der Waals surface area contributed by atoms with E-state index in [1.165, 1.54) is 25.7 Å². The quantitative estimate of drug-likeness (QED) is 0.894. The summed E-state index contributed by atoms with van der Waals surface area (Å²) in [6.07, 6.45) is 6.91. The molecule has 0 saturated heterocycles. The van der Waals surface area contributed by atoms with E-state index in [0.29, 0.717) is 12.3 Å². The number of hydrogen-bond acceptors (Lipinski definition) is 3. The number of rotatable bonds is 4. The Bertz CT molecular complexity index is 581. The van der Waals surface area contributed by atoms with Gasteiger partial charge in [-0.25, -0.2) is 0 Å². The second-order valence-electron chi connectivity index (χ2n) is 5.37. The first-order valence-corrected chi connectivity index (χ1v) is 7.04. The number of amides is 1. The highest BCUT2D eigenvalue weighted by molar-refractivity contribution is 5.91. The van der Waals surface area contributed by atoms with Crippen molar-refractivity contribution >= 4 is 11.7 Å². The molecule has 106 valence electrons. The monoisotopic (exact) mass is 273 g/mol. The molecule has 2 heterocycles. The van der Waals surface area contributed by atoms with Gasteiger partial charge in [0.1, 0.15) is 5.82 Å². The summed E-state index contributed by atoms with van der Waals surface area (Å²) in [5.74, 6) is 1.26. The van der Waals surface area contributed by atoms with Gasteiger partial charge in [-0.15, -0.1) is 0 Å². The summed E-state index contributed by atoms with van der Waals surface area (Å²) >= 11 is 0. The van der Waals surface area contributed by atoms with E-state index < -0.39 is 0 Å². The molecule has 0 atom stereocenters. The van der Waals surface area contributed by atoms with Crippen LogP contribution in [0, 0.1) is 0 Å². The number of aryl methyl sites for hydroxylation is 1. The Morgan fingerprint density at radius 3 is 3.00 bits per heavy atom. The van der Waals surface area contributed by atoms with Crippen molar-refractivity contribution in [2.45, 2.75) is 38.0 Å². The summed E-state index contributed by atoms with van der Waals surface area (Å²) in [6, 6.07) is 3.80. The predicted molar refractivity (Wildman–Crippen MR) is 75.3 cm³/mol. The Morgan fingerprint density at radius 1 is 1.50 bits per heavy atom. The minimum atomic E-state index is -0.0600. The zero-order valence-electron chi connectivity index (χ0n) is 11.6. The first-order valence-electron chi connectivity index (χ1n) is 7.04. The molecule has 2 aromatic rings. The minimum Gasteiger partial charge on any atom is -0.311 e. The Hall–Kier alpha value is -2.11. The van der Waals surface area contributed by atoms with Gasteiger partial charge in [0, 0.05) is 30.9 Å². The van der Waals surface area contributed by atoms with E-state index in [-0.39, 0.29) is 5.91 Å². The third-order valence-corrected chi connectivity index (χ3v) is 3.85. The van der Waals surface area contributed by atoms with Crippen molar-refractivity contribution in [3.05, 3.63) is 29.7 Å². The number of nitrogens with zero attached hydrogens (tertiary/aromatic N) is 3. The van der Waals surface area contributed by atoms with Crippen LogP contribution in [0.4, 0.5) is 5.82 Å². The van der Waals surface area contributed by atoms with Crippen LogP contribution in [-0.4, -0.2) is 25.9 Å². The molecule has 0 unspecified atom stereocenters. The summed E-state index contributed by atoms with van der Waals surface area (Å²) in [4.78, 5) is 12.0. The van der Waals surface area contributed by atoms with Crippen LogP contribution in [0.2, 0.25) is 0 Å². The third-order valence-electron chi connectivity index (χ3n) is 3.85. The van der Waals surface area contributed by atoms with Gasteiger partial charge in [-0.05, 0) is 18.9 Å². The van der Waals surface area contributed by atoms with E-state index in [1.54, 1.807) is 16.9 Å². The molecule has 1 aliphatic carbocycles. The lowest BCUT2D eigenvalue weighted by atomic mass is 10.0. The maximum Gasteiger partial charge on any atom is 0.231 e. The average Bonchev–Trinajstić information content (AvgIpc) is 3.12. The van der Waals surface area contributed by atoms with Crippen LogP contribution in [0.3, 0.4) is 0 Å². The summed E-state index contributed by atoms with van der Waals surface area (Å²) < 4.78 is 1.75. The summed E-state index contributed by atoms with van der Waals surface area (Å²) in [5.41, 5.74) is 1.91. The lowest BCUT2D eigenvalue weighted by Crippen LogP contribution is -2.16. The van der Waals surface area contributed by atoms with Crippen LogP contribution in [-0.2, 0) is 18.3 Å². The first-order chi connectivity index (χ1) is 9.72. The molecule has 1 aliphatic rings. The van der Waals surface area contributed by atoms with Crippen molar-refractivity contribution in [1.29, 1.82) is 0 Å². The summed E-state index contributed by atoms with van der Waals surface area (Å²) in [5, 5.41) is 14.0. The van der Waals surface area contributed by atoms with Gasteiger partial charge in [-0.3, -0.25) is 14.6 Å². The summed E-state index contributed by atoms with van der Waals surface area (Å²) in [6.45, 7) is 0. The Labute approximate surface area is 117 Å². The van der Waals surface area contributed by atoms with Gasteiger partial charge in [0.05, 0.1) is 12.1 Å². The van der Waals surface area contributed by atoms with Crippen molar-refractivity contribution in [1.82, 2.24) is 20.0 Å². The SMILES string of the molecule is Cn1nc(C2CCCC2)cc1NC(=O)Cc1ccn[nH]1. The average molecular weight is 273 g/mol. The molecule has 6 heteroatoms. The zero-order chi connectivity index (χ0) is 13.9. The van der Waals surface area contributed by atoms with E-state index in [2.05, 4.69) is 20.6 Å². The van der Waals surface area contributed by atoms with Crippen LogP contribution >= 0.6 is 0 Å². The Morgan fingerprint density at radius 2 is 2.30 bits per heavy atom. The van der Waals surface area contributed by atoms with Crippen LogP contribution < -0.4 is 5.32 Å². The number of carbonyl (C=O) groups excluding carboxylic acids is 1. The fraction of sp³-hybridized carbons (Fsp3) is 0.500. The van der Waals surface area contributed by atoms with Crippen molar-refractivity contribution < 1.29 is 4.79 Å². The molecular weight excluding hydrogens is 254 g/mol. The minimum absolute atomic E-state index is 0.0600. The summed E-state index contributed by atoms with van der Waals surface area (Å²) in [7, 11) is 1.87. The van der Waals surface area contributed by atoms with E-state index in [4.69, 9.17) is 0 Å². The smallest absolute Gasteiger partial charge is 0.231 e. The van der Waals surface area contributed by atoms with Gasteiger partial charge in [0.15, 0.2) is 0 Å².